The lowest BCUT2D eigenvalue weighted by Gasteiger charge is -2.07. The van der Waals surface area contributed by atoms with Gasteiger partial charge in [0, 0.05) is 22.5 Å². The Kier molecular flexibility index (Phi) is 4.25. The highest BCUT2D eigenvalue weighted by atomic mass is 35.5. The van der Waals surface area contributed by atoms with E-state index >= 15 is 0 Å². The summed E-state index contributed by atoms with van der Waals surface area (Å²) in [5.74, 6) is 0. The first-order chi connectivity index (χ1) is 12.7. The zero-order valence-corrected chi connectivity index (χ0v) is 14.3. The van der Waals surface area contributed by atoms with E-state index in [1.54, 1.807) is 16.9 Å². The number of anilines is 2. The number of hydrogen-bond acceptors (Lipinski definition) is 3. The topological polar surface area (TPSA) is 71.3 Å². The molecule has 4 aromatic rings. The zero-order valence-electron chi connectivity index (χ0n) is 13.6. The van der Waals surface area contributed by atoms with Crippen LogP contribution in [0.1, 0.15) is 0 Å². The highest BCUT2D eigenvalue weighted by Crippen LogP contribution is 2.24. The van der Waals surface area contributed by atoms with E-state index in [1.807, 2.05) is 60.7 Å². The number of aromatic nitrogens is 3. The van der Waals surface area contributed by atoms with Gasteiger partial charge in [-0.15, -0.1) is 0 Å². The Morgan fingerprint density at radius 3 is 2.50 bits per heavy atom. The van der Waals surface area contributed by atoms with Crippen molar-refractivity contribution < 1.29 is 4.79 Å². The molecule has 0 bridgehead atoms. The van der Waals surface area contributed by atoms with Crippen molar-refractivity contribution in [2.45, 2.75) is 0 Å². The fourth-order valence-corrected chi connectivity index (χ4v) is 2.75. The van der Waals surface area contributed by atoms with Gasteiger partial charge >= 0.3 is 6.03 Å². The number of fused-ring (bicyclic) bond motifs is 1. The minimum Gasteiger partial charge on any atom is -0.308 e. The SMILES string of the molecule is O=C(Nc1ccccc1)Nc1cnn2c(-c3ccc(Cl)cc3)ccnc12. The van der Waals surface area contributed by atoms with Gasteiger partial charge < -0.3 is 10.6 Å². The maximum Gasteiger partial charge on any atom is 0.323 e. The highest BCUT2D eigenvalue weighted by Gasteiger charge is 2.12. The number of nitrogens with zero attached hydrogens (tertiary/aromatic N) is 3. The summed E-state index contributed by atoms with van der Waals surface area (Å²) >= 11 is 5.96. The molecule has 0 unspecified atom stereocenters. The summed E-state index contributed by atoms with van der Waals surface area (Å²) in [5, 5.41) is 10.6. The number of benzene rings is 2. The molecule has 2 N–H and O–H groups in total. The molecule has 128 valence electrons. The number of urea groups is 1. The summed E-state index contributed by atoms with van der Waals surface area (Å²) in [7, 11) is 0. The summed E-state index contributed by atoms with van der Waals surface area (Å²) in [5.41, 5.74) is 3.58. The Labute approximate surface area is 154 Å². The lowest BCUT2D eigenvalue weighted by Crippen LogP contribution is -2.19. The molecule has 0 saturated carbocycles. The van der Waals surface area contributed by atoms with Crippen LogP contribution in [-0.2, 0) is 0 Å². The number of rotatable bonds is 3. The first-order valence-corrected chi connectivity index (χ1v) is 8.30. The molecule has 2 aromatic carbocycles. The Balaban J connectivity index is 1.62. The third-order valence-electron chi connectivity index (χ3n) is 3.82. The van der Waals surface area contributed by atoms with Crippen LogP contribution in [0.5, 0.6) is 0 Å². The monoisotopic (exact) mass is 363 g/mol. The van der Waals surface area contributed by atoms with Gasteiger partial charge in [0.05, 0.1) is 11.9 Å². The lowest BCUT2D eigenvalue weighted by molar-refractivity contribution is 0.262. The number of amides is 2. The van der Waals surface area contributed by atoms with E-state index in [0.29, 0.717) is 22.0 Å². The van der Waals surface area contributed by atoms with Crippen LogP contribution < -0.4 is 10.6 Å². The summed E-state index contributed by atoms with van der Waals surface area (Å²) in [4.78, 5) is 16.6. The molecular weight excluding hydrogens is 350 g/mol. The predicted molar refractivity (Wildman–Crippen MR) is 103 cm³/mol. The van der Waals surface area contributed by atoms with E-state index in [0.717, 1.165) is 11.3 Å². The summed E-state index contributed by atoms with van der Waals surface area (Å²) in [6, 6.07) is 18.2. The maximum atomic E-state index is 12.2. The van der Waals surface area contributed by atoms with Crippen LogP contribution in [0.4, 0.5) is 16.2 Å². The molecule has 6 nitrogen and oxygen atoms in total. The molecule has 0 radical (unpaired) electrons. The van der Waals surface area contributed by atoms with Crippen molar-refractivity contribution in [3.63, 3.8) is 0 Å². The van der Waals surface area contributed by atoms with Crippen molar-refractivity contribution in [3.8, 4) is 11.3 Å². The maximum absolute atomic E-state index is 12.2. The van der Waals surface area contributed by atoms with Crippen molar-refractivity contribution >= 4 is 34.7 Å². The first-order valence-electron chi connectivity index (χ1n) is 7.92. The summed E-state index contributed by atoms with van der Waals surface area (Å²) in [6.07, 6.45) is 3.26. The molecule has 7 heteroatoms. The Morgan fingerprint density at radius 1 is 0.962 bits per heavy atom. The quantitative estimate of drug-likeness (QED) is 0.554. The van der Waals surface area contributed by atoms with Crippen LogP contribution in [0.3, 0.4) is 0 Å². The number of para-hydroxylation sites is 1. The molecule has 0 saturated heterocycles. The van der Waals surface area contributed by atoms with Crippen molar-refractivity contribution in [2.24, 2.45) is 0 Å². The van der Waals surface area contributed by atoms with Gasteiger partial charge in [0.1, 0.15) is 5.69 Å². The first kappa shape index (κ1) is 16.1. The molecule has 0 aliphatic heterocycles. The second kappa shape index (κ2) is 6.85. The van der Waals surface area contributed by atoms with Crippen LogP contribution >= 0.6 is 11.6 Å². The third kappa shape index (κ3) is 3.22. The normalized spacial score (nSPS) is 10.7. The molecule has 26 heavy (non-hydrogen) atoms. The largest absolute Gasteiger partial charge is 0.323 e. The molecule has 2 heterocycles. The molecule has 0 fully saturated rings. The Morgan fingerprint density at radius 2 is 1.73 bits per heavy atom. The molecule has 0 atom stereocenters. The van der Waals surface area contributed by atoms with Gasteiger partial charge in [-0.2, -0.15) is 5.10 Å². The fraction of sp³-hybridized carbons (Fsp3) is 0. The van der Waals surface area contributed by atoms with Gasteiger partial charge in [-0.05, 0) is 30.3 Å². The molecule has 2 aromatic heterocycles. The fourth-order valence-electron chi connectivity index (χ4n) is 2.63. The Bertz CT molecular complexity index is 1060. The summed E-state index contributed by atoms with van der Waals surface area (Å²) in [6.45, 7) is 0. The standard InChI is InChI=1S/C19H14ClN5O/c20-14-8-6-13(7-9-14)17-10-11-21-18-16(12-22-25(17)18)24-19(26)23-15-4-2-1-3-5-15/h1-12H,(H2,23,24,26). The van der Waals surface area contributed by atoms with Crippen LogP contribution in [0.25, 0.3) is 16.9 Å². The van der Waals surface area contributed by atoms with Crippen molar-refractivity contribution in [3.05, 3.63) is 78.1 Å². The van der Waals surface area contributed by atoms with E-state index < -0.39 is 0 Å². The van der Waals surface area contributed by atoms with Gasteiger partial charge in [0.15, 0.2) is 5.65 Å². The molecular formula is C19H14ClN5O. The van der Waals surface area contributed by atoms with E-state index in [1.165, 1.54) is 0 Å². The van der Waals surface area contributed by atoms with Gasteiger partial charge in [-0.1, -0.05) is 41.9 Å². The average Bonchev–Trinajstić information content (AvgIpc) is 3.06. The number of hydrogen-bond donors (Lipinski definition) is 2. The highest BCUT2D eigenvalue weighted by molar-refractivity contribution is 6.30. The zero-order chi connectivity index (χ0) is 17.9. The second-order valence-electron chi connectivity index (χ2n) is 5.58. The van der Waals surface area contributed by atoms with Crippen LogP contribution in [-0.4, -0.2) is 20.6 Å². The molecule has 0 aliphatic carbocycles. The van der Waals surface area contributed by atoms with Crippen molar-refractivity contribution in [1.82, 2.24) is 14.6 Å². The molecule has 2 amide bonds. The second-order valence-corrected chi connectivity index (χ2v) is 6.01. The smallest absolute Gasteiger partial charge is 0.308 e. The van der Waals surface area contributed by atoms with E-state index in [4.69, 9.17) is 11.6 Å². The van der Waals surface area contributed by atoms with Crippen molar-refractivity contribution in [1.29, 1.82) is 0 Å². The van der Waals surface area contributed by atoms with Gasteiger partial charge in [-0.3, -0.25) is 0 Å². The van der Waals surface area contributed by atoms with E-state index in [9.17, 15) is 4.79 Å². The van der Waals surface area contributed by atoms with Crippen molar-refractivity contribution in [2.75, 3.05) is 10.6 Å². The van der Waals surface area contributed by atoms with Gasteiger partial charge in [-0.25, -0.2) is 14.3 Å². The molecule has 0 aliphatic rings. The molecule has 4 rings (SSSR count). The van der Waals surface area contributed by atoms with Crippen LogP contribution in [0.2, 0.25) is 5.02 Å². The number of halogens is 1. The molecule has 0 spiro atoms. The number of carbonyl (C=O) groups excluding carboxylic acids is 1. The minimum absolute atomic E-state index is 0.357. The third-order valence-corrected chi connectivity index (χ3v) is 4.07. The van der Waals surface area contributed by atoms with Gasteiger partial charge in [0.2, 0.25) is 0 Å². The average molecular weight is 364 g/mol. The Hall–Kier alpha value is -3.38. The lowest BCUT2D eigenvalue weighted by atomic mass is 10.1. The summed E-state index contributed by atoms with van der Waals surface area (Å²) < 4.78 is 1.68. The number of carbonyl (C=O) groups is 1. The minimum atomic E-state index is -0.357. The van der Waals surface area contributed by atoms with E-state index in [2.05, 4.69) is 20.7 Å². The predicted octanol–water partition coefficient (Wildman–Crippen LogP) is 4.69. The number of nitrogens with one attached hydrogen (secondary N) is 2. The van der Waals surface area contributed by atoms with Crippen LogP contribution in [0, 0.1) is 0 Å². The van der Waals surface area contributed by atoms with Gasteiger partial charge in [0.25, 0.3) is 0 Å². The van der Waals surface area contributed by atoms with Crippen LogP contribution in [0.15, 0.2) is 73.1 Å². The van der Waals surface area contributed by atoms with E-state index in [-0.39, 0.29) is 6.03 Å².